The topological polar surface area (TPSA) is 69.2 Å². The first-order chi connectivity index (χ1) is 16.1. The number of carbonyl (C=O) groups is 1. The Hall–Kier alpha value is -2.86. The Morgan fingerprint density at radius 1 is 1.06 bits per heavy atom. The first kappa shape index (κ1) is 22.0. The van der Waals surface area contributed by atoms with Gasteiger partial charge in [-0.15, -0.1) is 0 Å². The summed E-state index contributed by atoms with van der Waals surface area (Å²) in [5.74, 6) is 2.77. The molecule has 0 bridgehead atoms. The van der Waals surface area contributed by atoms with Crippen molar-refractivity contribution in [3.63, 3.8) is 0 Å². The first-order valence-electron chi connectivity index (χ1n) is 11.9. The van der Waals surface area contributed by atoms with Crippen LogP contribution in [0.4, 0.5) is 5.69 Å². The minimum Gasteiger partial charge on any atom is -0.493 e. The molecule has 1 saturated heterocycles. The van der Waals surface area contributed by atoms with Crippen molar-refractivity contribution in [2.75, 3.05) is 26.1 Å². The lowest BCUT2D eigenvalue weighted by atomic mass is 9.75. The average molecular weight is 449 g/mol. The predicted octanol–water partition coefficient (Wildman–Crippen LogP) is 4.94. The number of aliphatic imine (C=N–C) groups is 1. The highest BCUT2D eigenvalue weighted by molar-refractivity contribution is 6.18. The molecule has 174 valence electrons. The van der Waals surface area contributed by atoms with Crippen molar-refractivity contribution in [2.45, 2.75) is 57.1 Å². The Bertz CT molecular complexity index is 1070. The summed E-state index contributed by atoms with van der Waals surface area (Å²) in [7, 11) is 3.32. The summed E-state index contributed by atoms with van der Waals surface area (Å²) in [5, 5.41) is 2.95. The van der Waals surface area contributed by atoms with Gasteiger partial charge >= 0.3 is 0 Å². The van der Waals surface area contributed by atoms with Crippen molar-refractivity contribution in [2.24, 2.45) is 10.9 Å². The molecular weight excluding hydrogens is 416 g/mol. The lowest BCUT2D eigenvalue weighted by Crippen LogP contribution is -2.30. The van der Waals surface area contributed by atoms with Crippen molar-refractivity contribution in [3.8, 4) is 11.5 Å². The fraction of sp³-hybridized carbons (Fsp3) is 0.481. The van der Waals surface area contributed by atoms with Crippen LogP contribution in [0.1, 0.15) is 61.6 Å². The van der Waals surface area contributed by atoms with Crippen LogP contribution in [0.15, 0.2) is 41.4 Å². The Kier molecular flexibility index (Phi) is 6.11. The van der Waals surface area contributed by atoms with Gasteiger partial charge in [0.25, 0.3) is 0 Å². The molecule has 0 spiro atoms. The van der Waals surface area contributed by atoms with E-state index in [-0.39, 0.29) is 11.9 Å². The molecular formula is C27H32N2O4. The maximum absolute atomic E-state index is 11.7. The minimum atomic E-state index is -0.0908. The molecule has 0 radical (unpaired) electrons. The molecule has 0 aromatic heterocycles. The van der Waals surface area contributed by atoms with Gasteiger partial charge in [0.1, 0.15) is 0 Å². The second-order valence-electron chi connectivity index (χ2n) is 9.32. The van der Waals surface area contributed by atoms with Crippen LogP contribution in [-0.4, -0.2) is 44.6 Å². The normalized spacial score (nSPS) is 26.1. The smallest absolute Gasteiger partial charge is 0.221 e. The number of hydrogen-bond acceptors (Lipinski definition) is 5. The predicted molar refractivity (Wildman–Crippen MR) is 129 cm³/mol. The van der Waals surface area contributed by atoms with E-state index in [1.165, 1.54) is 31.7 Å². The minimum absolute atomic E-state index is 0.0908. The van der Waals surface area contributed by atoms with Gasteiger partial charge in [-0.25, -0.2) is 0 Å². The van der Waals surface area contributed by atoms with Crippen molar-refractivity contribution in [3.05, 3.63) is 53.1 Å². The Balaban J connectivity index is 0.000000396. The lowest BCUT2D eigenvalue weighted by Gasteiger charge is -2.36. The highest BCUT2D eigenvalue weighted by Gasteiger charge is 2.47. The molecule has 6 nitrogen and oxygen atoms in total. The zero-order valence-electron chi connectivity index (χ0n) is 19.6. The van der Waals surface area contributed by atoms with Crippen molar-refractivity contribution in [1.82, 2.24) is 0 Å². The first-order valence-corrected chi connectivity index (χ1v) is 11.9. The highest BCUT2D eigenvalue weighted by Crippen LogP contribution is 2.45. The maximum atomic E-state index is 11.7. The summed E-state index contributed by atoms with van der Waals surface area (Å²) in [4.78, 5) is 16.9. The molecule has 2 aliphatic carbocycles. The van der Waals surface area contributed by atoms with Crippen LogP contribution in [0.3, 0.4) is 0 Å². The maximum Gasteiger partial charge on any atom is 0.221 e. The molecule has 33 heavy (non-hydrogen) atoms. The molecule has 6 heteroatoms. The standard InChI is InChI=1S/C23H26N2O3.C4H6O/c1-14(26)24-20-11-7-5-9-16(20)23-18-13-22(28-3)21(27-2)12-17(18)15-8-4-6-10-19(15)25-23;1-3-2-5-4(1)3/h5,7,9,11-13,15,19H,4,6,8,10H2,1-3H3,(H,24,26);3-4H,1-2H2. The zero-order chi connectivity index (χ0) is 22.9. The number of para-hydroxylation sites is 1. The van der Waals surface area contributed by atoms with E-state index in [4.69, 9.17) is 19.2 Å². The van der Waals surface area contributed by atoms with Crippen molar-refractivity contribution < 1.29 is 19.0 Å². The number of hydrogen-bond donors (Lipinski definition) is 1. The second-order valence-corrected chi connectivity index (χ2v) is 9.32. The number of ether oxygens (including phenoxy) is 3. The van der Waals surface area contributed by atoms with E-state index in [0.717, 1.165) is 59.7 Å². The molecule has 4 unspecified atom stereocenters. The van der Waals surface area contributed by atoms with Crippen LogP contribution in [0.2, 0.25) is 0 Å². The van der Waals surface area contributed by atoms with E-state index in [9.17, 15) is 4.79 Å². The van der Waals surface area contributed by atoms with Gasteiger partial charge in [-0.1, -0.05) is 31.0 Å². The Morgan fingerprint density at radius 2 is 1.79 bits per heavy atom. The monoisotopic (exact) mass is 448 g/mol. The summed E-state index contributed by atoms with van der Waals surface area (Å²) in [6.45, 7) is 2.59. The number of methoxy groups -OCH3 is 2. The van der Waals surface area contributed by atoms with E-state index in [2.05, 4.69) is 11.4 Å². The van der Waals surface area contributed by atoms with Gasteiger partial charge in [0.2, 0.25) is 5.91 Å². The largest absolute Gasteiger partial charge is 0.493 e. The summed E-state index contributed by atoms with van der Waals surface area (Å²) in [6, 6.07) is 12.3. The van der Waals surface area contributed by atoms with Crippen LogP contribution < -0.4 is 14.8 Å². The third-order valence-electron chi connectivity index (χ3n) is 7.11. The van der Waals surface area contributed by atoms with E-state index < -0.39 is 0 Å². The van der Waals surface area contributed by atoms with Gasteiger partial charge in [0, 0.05) is 29.9 Å². The van der Waals surface area contributed by atoms with E-state index >= 15 is 0 Å². The number of benzene rings is 2. The molecule has 2 aromatic carbocycles. The lowest BCUT2D eigenvalue weighted by molar-refractivity contribution is -0.114. The molecule has 2 saturated carbocycles. The summed E-state index contributed by atoms with van der Waals surface area (Å²) >= 11 is 0. The van der Waals surface area contributed by atoms with Crippen LogP contribution >= 0.6 is 0 Å². The number of carbonyl (C=O) groups excluding carboxylic acids is 1. The molecule has 4 aliphatic rings. The molecule has 6 rings (SSSR count). The summed E-state index contributed by atoms with van der Waals surface area (Å²) in [5.41, 5.74) is 4.98. The summed E-state index contributed by atoms with van der Waals surface area (Å²) in [6.07, 6.45) is 6.74. The number of fused-ring (bicyclic) bond motifs is 4. The summed E-state index contributed by atoms with van der Waals surface area (Å²) < 4.78 is 16.1. The quantitative estimate of drug-likeness (QED) is 0.719. The third kappa shape index (κ3) is 4.36. The van der Waals surface area contributed by atoms with Gasteiger partial charge in [-0.2, -0.15) is 0 Å². The van der Waals surface area contributed by atoms with E-state index in [1.54, 1.807) is 14.2 Å². The van der Waals surface area contributed by atoms with Gasteiger partial charge in [0.05, 0.1) is 44.4 Å². The van der Waals surface area contributed by atoms with Crippen molar-refractivity contribution in [1.29, 1.82) is 0 Å². The SMILES string of the molecule is C1OC2CC12.COc1cc2c(cc1OC)C1CCCCC1N=C2c1ccccc1NC(C)=O. The van der Waals surface area contributed by atoms with E-state index in [1.807, 2.05) is 30.3 Å². The van der Waals surface area contributed by atoms with Crippen LogP contribution in [0.25, 0.3) is 0 Å². The Labute approximate surface area is 195 Å². The molecule has 4 atom stereocenters. The molecule has 3 fully saturated rings. The number of amides is 1. The Morgan fingerprint density at radius 3 is 2.42 bits per heavy atom. The molecule has 2 heterocycles. The van der Waals surface area contributed by atoms with Crippen LogP contribution in [0, 0.1) is 5.92 Å². The molecule has 1 N–H and O–H groups in total. The molecule has 1 amide bonds. The molecule has 2 aromatic rings. The highest BCUT2D eigenvalue weighted by atomic mass is 16.5. The van der Waals surface area contributed by atoms with Gasteiger partial charge < -0.3 is 19.5 Å². The van der Waals surface area contributed by atoms with Crippen LogP contribution in [0.5, 0.6) is 11.5 Å². The number of nitrogens with one attached hydrogen (secondary N) is 1. The second kappa shape index (κ2) is 9.18. The number of anilines is 1. The zero-order valence-corrected chi connectivity index (χ0v) is 19.6. The van der Waals surface area contributed by atoms with Gasteiger partial charge in [-0.3, -0.25) is 9.79 Å². The van der Waals surface area contributed by atoms with Crippen LogP contribution in [-0.2, 0) is 9.53 Å². The average Bonchev–Trinajstić information content (AvgIpc) is 3.42. The van der Waals surface area contributed by atoms with Crippen molar-refractivity contribution >= 4 is 17.3 Å². The third-order valence-corrected chi connectivity index (χ3v) is 7.11. The fourth-order valence-corrected chi connectivity index (χ4v) is 5.20. The van der Waals surface area contributed by atoms with E-state index in [0.29, 0.717) is 11.7 Å². The van der Waals surface area contributed by atoms with Gasteiger partial charge in [-0.05, 0) is 43.0 Å². The fourth-order valence-electron chi connectivity index (χ4n) is 5.20. The number of rotatable bonds is 4. The molecule has 2 aliphatic heterocycles. The van der Waals surface area contributed by atoms with Gasteiger partial charge in [0.15, 0.2) is 11.5 Å². The number of nitrogens with zero attached hydrogens (tertiary/aromatic N) is 1.